The molecule has 0 bridgehead atoms. The van der Waals surface area contributed by atoms with Crippen LogP contribution in [0.5, 0.6) is 5.75 Å². The first-order chi connectivity index (χ1) is 12.8. The van der Waals surface area contributed by atoms with Gasteiger partial charge in [-0.05, 0) is 64.2 Å². The predicted octanol–water partition coefficient (Wildman–Crippen LogP) is 3.93. The number of alkyl carbamates (subject to hydrolysis) is 1. The van der Waals surface area contributed by atoms with Crippen LogP contribution in [0.1, 0.15) is 64.9 Å². The molecule has 1 aromatic rings. The average Bonchev–Trinajstić information content (AvgIpc) is 2.60. The van der Waals surface area contributed by atoms with Gasteiger partial charge in [0, 0.05) is 19.5 Å². The number of hydrogen-bond donors (Lipinski definition) is 2. The first-order valence-corrected chi connectivity index (χ1v) is 9.81. The molecule has 6 nitrogen and oxygen atoms in total. The first-order valence-electron chi connectivity index (χ1n) is 9.81. The first kappa shape index (κ1) is 21.1. The summed E-state index contributed by atoms with van der Waals surface area (Å²) in [6, 6.07) is 7.86. The molecule has 150 valence electrons. The van der Waals surface area contributed by atoms with Crippen LogP contribution in [0.25, 0.3) is 0 Å². The van der Waals surface area contributed by atoms with E-state index in [0.29, 0.717) is 12.6 Å². The summed E-state index contributed by atoms with van der Waals surface area (Å²) >= 11 is 0. The summed E-state index contributed by atoms with van der Waals surface area (Å²) in [5.41, 5.74) is 0.452. The third kappa shape index (κ3) is 8.80. The van der Waals surface area contributed by atoms with Crippen LogP contribution >= 0.6 is 0 Å². The number of hydrogen-bond acceptors (Lipinski definition) is 4. The van der Waals surface area contributed by atoms with Gasteiger partial charge in [0.15, 0.2) is 0 Å². The van der Waals surface area contributed by atoms with Gasteiger partial charge in [0.2, 0.25) is 5.91 Å². The fourth-order valence-electron chi connectivity index (χ4n) is 2.99. The molecule has 0 aliphatic heterocycles. The Morgan fingerprint density at radius 1 is 1.11 bits per heavy atom. The molecule has 0 radical (unpaired) electrons. The number of benzene rings is 1. The SMILES string of the molecule is CC(C)(C)OC(=O)NCCC(=O)NCc1cccc(OC2CCCCC2)c1. The van der Waals surface area contributed by atoms with Gasteiger partial charge in [-0.15, -0.1) is 0 Å². The molecular weight excluding hydrogens is 344 g/mol. The van der Waals surface area contributed by atoms with Crippen molar-refractivity contribution in [3.63, 3.8) is 0 Å². The predicted molar refractivity (Wildman–Crippen MR) is 105 cm³/mol. The van der Waals surface area contributed by atoms with Crippen molar-refractivity contribution >= 4 is 12.0 Å². The molecule has 1 aliphatic carbocycles. The van der Waals surface area contributed by atoms with Crippen LogP contribution in [-0.4, -0.2) is 30.3 Å². The van der Waals surface area contributed by atoms with E-state index in [0.717, 1.165) is 24.2 Å². The van der Waals surface area contributed by atoms with Crippen molar-refractivity contribution in [1.82, 2.24) is 10.6 Å². The van der Waals surface area contributed by atoms with Gasteiger partial charge in [0.1, 0.15) is 11.4 Å². The highest BCUT2D eigenvalue weighted by Gasteiger charge is 2.16. The van der Waals surface area contributed by atoms with E-state index in [1.165, 1.54) is 19.3 Å². The molecule has 0 spiro atoms. The van der Waals surface area contributed by atoms with Crippen LogP contribution in [0.15, 0.2) is 24.3 Å². The number of nitrogens with one attached hydrogen (secondary N) is 2. The highest BCUT2D eigenvalue weighted by atomic mass is 16.6. The van der Waals surface area contributed by atoms with E-state index in [4.69, 9.17) is 9.47 Å². The van der Waals surface area contributed by atoms with Gasteiger partial charge in [-0.3, -0.25) is 4.79 Å². The maximum atomic E-state index is 12.0. The minimum Gasteiger partial charge on any atom is -0.490 e. The van der Waals surface area contributed by atoms with Crippen molar-refractivity contribution in [3.8, 4) is 5.75 Å². The van der Waals surface area contributed by atoms with Gasteiger partial charge in [-0.1, -0.05) is 18.6 Å². The van der Waals surface area contributed by atoms with Crippen molar-refractivity contribution in [2.75, 3.05) is 6.54 Å². The number of rotatable bonds is 7. The van der Waals surface area contributed by atoms with E-state index in [1.54, 1.807) is 20.8 Å². The summed E-state index contributed by atoms with van der Waals surface area (Å²) in [7, 11) is 0. The van der Waals surface area contributed by atoms with E-state index >= 15 is 0 Å². The molecule has 2 N–H and O–H groups in total. The molecule has 27 heavy (non-hydrogen) atoms. The van der Waals surface area contributed by atoms with Crippen LogP contribution < -0.4 is 15.4 Å². The van der Waals surface area contributed by atoms with Crippen molar-refractivity contribution in [2.45, 2.75) is 77.5 Å². The Morgan fingerprint density at radius 2 is 1.85 bits per heavy atom. The maximum Gasteiger partial charge on any atom is 0.407 e. The Kier molecular flexibility index (Phi) is 7.95. The van der Waals surface area contributed by atoms with Crippen LogP contribution in [-0.2, 0) is 16.1 Å². The Hall–Kier alpha value is -2.24. The zero-order valence-electron chi connectivity index (χ0n) is 16.7. The topological polar surface area (TPSA) is 76.7 Å². The number of carbonyl (C=O) groups excluding carboxylic acids is 2. The van der Waals surface area contributed by atoms with Gasteiger partial charge in [0.05, 0.1) is 6.10 Å². The molecule has 0 unspecified atom stereocenters. The second-order valence-corrected chi connectivity index (χ2v) is 7.98. The molecule has 0 aromatic heterocycles. The molecule has 2 rings (SSSR count). The summed E-state index contributed by atoms with van der Waals surface area (Å²) in [5.74, 6) is 0.741. The summed E-state index contributed by atoms with van der Waals surface area (Å²) in [4.78, 5) is 23.5. The highest BCUT2D eigenvalue weighted by Crippen LogP contribution is 2.23. The third-order valence-corrected chi connectivity index (χ3v) is 4.26. The normalized spacial score (nSPS) is 15.1. The molecule has 0 atom stereocenters. The summed E-state index contributed by atoms with van der Waals surface area (Å²) in [6.45, 7) is 6.07. The highest BCUT2D eigenvalue weighted by molar-refractivity contribution is 5.77. The molecule has 1 aliphatic rings. The fourth-order valence-corrected chi connectivity index (χ4v) is 2.99. The second-order valence-electron chi connectivity index (χ2n) is 7.98. The van der Waals surface area contributed by atoms with Crippen molar-refractivity contribution < 1.29 is 19.1 Å². The second kappa shape index (κ2) is 10.2. The van der Waals surface area contributed by atoms with Gasteiger partial charge >= 0.3 is 6.09 Å². The van der Waals surface area contributed by atoms with E-state index in [-0.39, 0.29) is 18.9 Å². The molecule has 1 aromatic carbocycles. The maximum absolute atomic E-state index is 12.0. The fraction of sp³-hybridized carbons (Fsp3) is 0.619. The number of ether oxygens (including phenoxy) is 2. The summed E-state index contributed by atoms with van der Waals surface area (Å²) in [5, 5.41) is 5.45. The summed E-state index contributed by atoms with van der Waals surface area (Å²) in [6.07, 6.45) is 6.00. The molecule has 0 heterocycles. The molecule has 2 amide bonds. The lowest BCUT2D eigenvalue weighted by Crippen LogP contribution is -2.35. The zero-order chi connectivity index (χ0) is 19.7. The summed E-state index contributed by atoms with van der Waals surface area (Å²) < 4.78 is 11.2. The van der Waals surface area contributed by atoms with Gasteiger partial charge in [-0.2, -0.15) is 0 Å². The van der Waals surface area contributed by atoms with E-state index < -0.39 is 11.7 Å². The average molecular weight is 376 g/mol. The quantitative estimate of drug-likeness (QED) is 0.756. The van der Waals surface area contributed by atoms with Crippen molar-refractivity contribution in [3.05, 3.63) is 29.8 Å². The molecule has 1 fully saturated rings. The molecule has 0 saturated heterocycles. The molecular formula is C21H32N2O4. The minimum atomic E-state index is -0.545. The Morgan fingerprint density at radius 3 is 2.56 bits per heavy atom. The lowest BCUT2D eigenvalue weighted by Gasteiger charge is -2.23. The van der Waals surface area contributed by atoms with Crippen LogP contribution in [0.2, 0.25) is 0 Å². The monoisotopic (exact) mass is 376 g/mol. The number of amides is 2. The van der Waals surface area contributed by atoms with Gasteiger partial charge < -0.3 is 20.1 Å². The Balaban J connectivity index is 1.68. The van der Waals surface area contributed by atoms with Crippen molar-refractivity contribution in [2.24, 2.45) is 0 Å². The smallest absolute Gasteiger partial charge is 0.407 e. The number of carbonyl (C=O) groups is 2. The lowest BCUT2D eigenvalue weighted by molar-refractivity contribution is -0.121. The Labute approximate surface area is 162 Å². The largest absolute Gasteiger partial charge is 0.490 e. The minimum absolute atomic E-state index is 0.121. The van der Waals surface area contributed by atoms with E-state index in [1.807, 2.05) is 24.3 Å². The van der Waals surface area contributed by atoms with E-state index in [2.05, 4.69) is 10.6 Å². The van der Waals surface area contributed by atoms with E-state index in [9.17, 15) is 9.59 Å². The standard InChI is InChI=1S/C21H32N2O4/c1-21(2,3)27-20(25)22-13-12-19(24)23-15-16-8-7-11-18(14-16)26-17-9-5-4-6-10-17/h7-8,11,14,17H,4-6,9-10,12-13,15H2,1-3H3,(H,22,25)(H,23,24). The lowest BCUT2D eigenvalue weighted by atomic mass is 9.98. The van der Waals surface area contributed by atoms with Crippen LogP contribution in [0, 0.1) is 0 Å². The Bertz CT molecular complexity index is 619. The third-order valence-electron chi connectivity index (χ3n) is 4.26. The zero-order valence-corrected chi connectivity index (χ0v) is 16.7. The van der Waals surface area contributed by atoms with Crippen LogP contribution in [0.3, 0.4) is 0 Å². The van der Waals surface area contributed by atoms with Crippen molar-refractivity contribution in [1.29, 1.82) is 0 Å². The van der Waals surface area contributed by atoms with Gasteiger partial charge in [-0.25, -0.2) is 4.79 Å². The van der Waals surface area contributed by atoms with Crippen LogP contribution in [0.4, 0.5) is 4.79 Å². The van der Waals surface area contributed by atoms with Gasteiger partial charge in [0.25, 0.3) is 0 Å². The molecule has 1 saturated carbocycles. The molecule has 6 heteroatoms.